The van der Waals surface area contributed by atoms with E-state index in [0.717, 1.165) is 0 Å². The van der Waals surface area contributed by atoms with E-state index in [0.29, 0.717) is 0 Å². The number of hydrogen-bond donors (Lipinski definition) is 3. The van der Waals surface area contributed by atoms with Crippen molar-refractivity contribution in [1.82, 2.24) is 0 Å². The number of aliphatic hydroxyl groups excluding tert-OH is 3. The van der Waals surface area contributed by atoms with Crippen molar-refractivity contribution < 1.29 is 20.1 Å². The van der Waals surface area contributed by atoms with Crippen molar-refractivity contribution in [2.24, 2.45) is 11.8 Å². The molecule has 3 atom stereocenters. The van der Waals surface area contributed by atoms with E-state index < -0.39 is 5.60 Å². The van der Waals surface area contributed by atoms with E-state index in [1.54, 1.807) is 0 Å². The molecule has 78 valence electrons. The van der Waals surface area contributed by atoms with Crippen LogP contribution in [0.4, 0.5) is 0 Å². The molecule has 1 aliphatic heterocycles. The van der Waals surface area contributed by atoms with Gasteiger partial charge in [-0.3, -0.25) is 0 Å². The summed E-state index contributed by atoms with van der Waals surface area (Å²) in [6.45, 7) is 3.63. The van der Waals surface area contributed by atoms with E-state index in [1.165, 1.54) is 0 Å². The summed E-state index contributed by atoms with van der Waals surface area (Å²) in [5, 5.41) is 22.8. The maximum Gasteiger partial charge on any atom is 0.210 e. The van der Waals surface area contributed by atoms with Gasteiger partial charge in [-0.1, -0.05) is 6.92 Å². The molecule has 0 aromatic carbocycles. The summed E-state index contributed by atoms with van der Waals surface area (Å²) in [5.41, 5.74) is -0.872. The van der Waals surface area contributed by atoms with Gasteiger partial charge < -0.3 is 20.1 Å². The summed E-state index contributed by atoms with van der Waals surface area (Å²) in [6.07, 6.45) is -0.102. The number of ether oxygens (including phenoxy) is 1. The zero-order chi connectivity index (χ0) is 10.8. The maximum absolute atomic E-state index is 9.22. The van der Waals surface area contributed by atoms with E-state index in [9.17, 15) is 10.2 Å². The van der Waals surface area contributed by atoms with E-state index in [-0.39, 0.29) is 37.8 Å². The zero-order valence-electron chi connectivity index (χ0n) is 9.06. The summed E-state index contributed by atoms with van der Waals surface area (Å²) in [6, 6.07) is 0. The standard InChI is InChI=1S/C9H18O4/c1-6-8(3-10)7(2)13-9(6,4-11)5-12/h6-8,10-12H,3-5H2,1-2H3/t6-,7-,8?/m1/s1/i10D. The third kappa shape index (κ3) is 1.59. The Morgan fingerprint density at radius 2 is 2.00 bits per heavy atom. The molecule has 1 unspecified atom stereocenters. The molecule has 0 spiro atoms. The second kappa shape index (κ2) is 3.92. The first-order chi connectivity index (χ1) is 6.61. The molecule has 0 amide bonds. The van der Waals surface area contributed by atoms with Gasteiger partial charge in [0, 0.05) is 12.5 Å². The molecule has 1 aliphatic rings. The molecule has 3 N–H and O–H groups in total. The highest BCUT2D eigenvalue weighted by Crippen LogP contribution is 2.39. The van der Waals surface area contributed by atoms with Gasteiger partial charge in [0.05, 0.1) is 19.3 Å². The molecule has 1 saturated heterocycles. The fourth-order valence-corrected chi connectivity index (χ4v) is 2.05. The van der Waals surface area contributed by atoms with Crippen LogP contribution >= 0.6 is 0 Å². The van der Waals surface area contributed by atoms with Crippen LogP contribution in [0.5, 0.6) is 0 Å². The van der Waals surface area contributed by atoms with Crippen molar-refractivity contribution in [3.05, 3.63) is 0 Å². The van der Waals surface area contributed by atoms with Gasteiger partial charge in [0.1, 0.15) is 5.60 Å². The Labute approximate surface area is 79.6 Å². The minimum absolute atomic E-state index is 0.0159. The van der Waals surface area contributed by atoms with Gasteiger partial charge in [-0.25, -0.2) is 0 Å². The molecule has 0 aromatic rings. The molecular weight excluding hydrogens is 172 g/mol. The Bertz CT molecular complexity index is 184. The molecule has 4 nitrogen and oxygen atoms in total. The van der Waals surface area contributed by atoms with Gasteiger partial charge in [-0.15, -0.1) is 0 Å². The molecule has 0 radical (unpaired) electrons. The topological polar surface area (TPSA) is 69.9 Å². The number of aliphatic hydroxyl groups is 3. The van der Waals surface area contributed by atoms with E-state index in [2.05, 4.69) is 5.11 Å². The molecule has 1 fully saturated rings. The summed E-state index contributed by atoms with van der Waals surface area (Å²) in [7, 11) is 0. The van der Waals surface area contributed by atoms with Crippen LogP contribution in [0.3, 0.4) is 0 Å². The van der Waals surface area contributed by atoms with Crippen molar-refractivity contribution in [3.63, 3.8) is 0 Å². The number of rotatable bonds is 4. The largest absolute Gasteiger partial charge is 0.396 e. The minimum atomic E-state index is -0.872. The molecule has 1 heterocycles. The first-order valence-electron chi connectivity index (χ1n) is 4.99. The van der Waals surface area contributed by atoms with Crippen LogP contribution in [0, 0.1) is 11.8 Å². The second-order valence-electron chi connectivity index (χ2n) is 3.82. The Kier molecular flexibility index (Phi) is 2.83. The number of hydrogen-bond acceptors (Lipinski definition) is 4. The average Bonchev–Trinajstić information content (AvgIpc) is 2.43. The predicted molar refractivity (Wildman–Crippen MR) is 47.2 cm³/mol. The van der Waals surface area contributed by atoms with Gasteiger partial charge >= 0.3 is 0 Å². The highest BCUT2D eigenvalue weighted by atomic mass is 16.5. The highest BCUT2D eigenvalue weighted by molar-refractivity contribution is 4.97. The summed E-state index contributed by atoms with van der Waals surface area (Å²) in [5.74, 6) is 0.0321. The monoisotopic (exact) mass is 191 g/mol. The highest BCUT2D eigenvalue weighted by Gasteiger charge is 2.50. The molecular formula is C9H18O4. The first kappa shape index (κ1) is 9.40. The lowest BCUT2D eigenvalue weighted by atomic mass is 9.82. The fraction of sp³-hybridized carbons (Fsp3) is 1.00. The third-order valence-corrected chi connectivity index (χ3v) is 3.22. The Morgan fingerprint density at radius 3 is 2.38 bits per heavy atom. The quantitative estimate of drug-likeness (QED) is 0.553. The van der Waals surface area contributed by atoms with Crippen LogP contribution in [0.2, 0.25) is 0 Å². The first-order valence-corrected chi connectivity index (χ1v) is 4.59. The smallest absolute Gasteiger partial charge is 0.210 e. The molecule has 0 saturated carbocycles. The molecule has 1 rings (SSSR count). The van der Waals surface area contributed by atoms with Gasteiger partial charge in [0.2, 0.25) is 1.43 Å². The second-order valence-corrected chi connectivity index (χ2v) is 3.82. The van der Waals surface area contributed by atoms with E-state index in [1.807, 2.05) is 13.8 Å². The van der Waals surface area contributed by atoms with Crippen LogP contribution in [-0.4, -0.2) is 48.3 Å². The normalized spacial score (nSPS) is 39.1. The summed E-state index contributed by atoms with van der Waals surface area (Å²) >= 11 is 0. The Hall–Kier alpha value is -0.160. The molecule has 0 aliphatic carbocycles. The molecule has 0 aromatic heterocycles. The molecule has 4 heteroatoms. The van der Waals surface area contributed by atoms with Crippen molar-refractivity contribution in [1.29, 1.82) is 1.43 Å². The van der Waals surface area contributed by atoms with Crippen molar-refractivity contribution >= 4 is 0 Å². The van der Waals surface area contributed by atoms with Gasteiger partial charge in [0.25, 0.3) is 0 Å². The van der Waals surface area contributed by atoms with Gasteiger partial charge in [-0.05, 0) is 12.8 Å². The van der Waals surface area contributed by atoms with E-state index in [4.69, 9.17) is 6.17 Å². The Balaban J connectivity index is 2.76. The molecule has 0 bridgehead atoms. The van der Waals surface area contributed by atoms with Crippen LogP contribution in [0.25, 0.3) is 0 Å². The SMILES string of the molecule is [2H]OCC1[C@@H](C)C(CO)(CO)O[C@@H]1C. The Morgan fingerprint density at radius 1 is 1.38 bits per heavy atom. The minimum Gasteiger partial charge on any atom is -0.396 e. The van der Waals surface area contributed by atoms with Crippen LogP contribution in [0.1, 0.15) is 13.8 Å². The van der Waals surface area contributed by atoms with Crippen molar-refractivity contribution in [2.75, 3.05) is 19.8 Å². The fourth-order valence-electron chi connectivity index (χ4n) is 2.05. The van der Waals surface area contributed by atoms with Crippen molar-refractivity contribution in [3.8, 4) is 0 Å². The lowest BCUT2D eigenvalue weighted by molar-refractivity contribution is -0.111. The van der Waals surface area contributed by atoms with Crippen LogP contribution in [0.15, 0.2) is 0 Å². The van der Waals surface area contributed by atoms with Gasteiger partial charge in [0.15, 0.2) is 0 Å². The third-order valence-electron chi connectivity index (χ3n) is 3.22. The zero-order valence-corrected chi connectivity index (χ0v) is 8.06. The van der Waals surface area contributed by atoms with E-state index >= 15 is 0 Å². The predicted octanol–water partition coefficient (Wildman–Crippen LogP) is -0.627. The van der Waals surface area contributed by atoms with Gasteiger partial charge in [-0.2, -0.15) is 0 Å². The lowest BCUT2D eigenvalue weighted by Gasteiger charge is -2.29. The summed E-state index contributed by atoms with van der Waals surface area (Å²) < 4.78 is 12.3. The average molecular weight is 191 g/mol. The maximum atomic E-state index is 9.22. The summed E-state index contributed by atoms with van der Waals surface area (Å²) in [4.78, 5) is 0. The molecule has 13 heavy (non-hydrogen) atoms. The van der Waals surface area contributed by atoms with Crippen LogP contribution in [-0.2, 0) is 4.74 Å². The van der Waals surface area contributed by atoms with Crippen molar-refractivity contribution in [2.45, 2.75) is 25.6 Å². The van der Waals surface area contributed by atoms with Crippen LogP contribution < -0.4 is 0 Å². The lowest BCUT2D eigenvalue weighted by Crippen LogP contribution is -2.43.